The third-order valence-electron chi connectivity index (χ3n) is 1.73. The zero-order valence-electron chi connectivity index (χ0n) is 8.08. The molecule has 0 saturated heterocycles. The van der Waals surface area contributed by atoms with Crippen molar-refractivity contribution in [1.82, 2.24) is 4.98 Å². The highest BCUT2D eigenvalue weighted by Gasteiger charge is 2.06. The first-order chi connectivity index (χ1) is 6.24. The first-order valence-electron chi connectivity index (χ1n) is 4.54. The molecule has 2 nitrogen and oxygen atoms in total. The van der Waals surface area contributed by atoms with E-state index in [0.29, 0.717) is 0 Å². The van der Waals surface area contributed by atoms with E-state index >= 15 is 0 Å². The van der Waals surface area contributed by atoms with Gasteiger partial charge >= 0.3 is 0 Å². The number of rotatable bonds is 5. The van der Waals surface area contributed by atoms with E-state index < -0.39 is 10.8 Å². The maximum atomic E-state index is 11.6. The molecule has 0 spiro atoms. The molecule has 0 aliphatic rings. The highest BCUT2D eigenvalue weighted by atomic mass is 32.2. The highest BCUT2D eigenvalue weighted by Crippen LogP contribution is 2.14. The quantitative estimate of drug-likeness (QED) is 0.710. The average molecular weight is 217 g/mol. The zero-order chi connectivity index (χ0) is 9.68. The van der Waals surface area contributed by atoms with Crippen molar-refractivity contribution in [3.63, 3.8) is 0 Å². The fourth-order valence-electron chi connectivity index (χ4n) is 1.01. The van der Waals surface area contributed by atoms with Crippen LogP contribution in [0.15, 0.2) is 9.72 Å². The Morgan fingerprint density at radius 2 is 2.31 bits per heavy atom. The Morgan fingerprint density at radius 1 is 1.54 bits per heavy atom. The lowest BCUT2D eigenvalue weighted by Gasteiger charge is -1.96. The monoisotopic (exact) mass is 217 g/mol. The second-order valence-electron chi connectivity index (χ2n) is 3.01. The van der Waals surface area contributed by atoms with E-state index in [0.717, 1.165) is 28.6 Å². The van der Waals surface area contributed by atoms with Crippen molar-refractivity contribution in [2.75, 3.05) is 5.75 Å². The predicted octanol–water partition coefficient (Wildman–Crippen LogP) is 2.75. The van der Waals surface area contributed by atoms with Gasteiger partial charge in [0, 0.05) is 16.8 Å². The lowest BCUT2D eigenvalue weighted by molar-refractivity contribution is 0.675. The number of aromatic nitrogens is 1. The molecule has 0 unspecified atom stereocenters. The number of hydrogen-bond donors (Lipinski definition) is 0. The second-order valence-corrected chi connectivity index (χ2v) is 5.61. The molecule has 13 heavy (non-hydrogen) atoms. The summed E-state index contributed by atoms with van der Waals surface area (Å²) >= 11 is 1.50. The third-order valence-corrected chi connectivity index (χ3v) is 4.46. The molecule has 0 aliphatic carbocycles. The predicted molar refractivity (Wildman–Crippen MR) is 57.7 cm³/mol. The van der Waals surface area contributed by atoms with Gasteiger partial charge in [-0.1, -0.05) is 19.8 Å². The van der Waals surface area contributed by atoms with Gasteiger partial charge < -0.3 is 0 Å². The lowest BCUT2D eigenvalue weighted by atomic mass is 10.3. The van der Waals surface area contributed by atoms with Gasteiger partial charge in [-0.05, 0) is 13.3 Å². The van der Waals surface area contributed by atoms with Crippen LogP contribution in [0.1, 0.15) is 31.9 Å². The standard InChI is InChI=1S/C9H15NOS2/c1-3-4-5-6-13(11)9-10-8(2)7-12-9/h7H,3-6H2,1-2H3/t13-/m1/s1. The minimum atomic E-state index is -0.857. The fourth-order valence-corrected chi connectivity index (χ4v) is 3.24. The minimum Gasteiger partial charge on any atom is -0.252 e. The summed E-state index contributed by atoms with van der Waals surface area (Å²) in [5.74, 6) is 0.765. The summed E-state index contributed by atoms with van der Waals surface area (Å²) in [6.07, 6.45) is 3.38. The molecular formula is C9H15NOS2. The number of nitrogens with zero attached hydrogens (tertiary/aromatic N) is 1. The van der Waals surface area contributed by atoms with Crippen LogP contribution in [0, 0.1) is 6.92 Å². The van der Waals surface area contributed by atoms with E-state index in [1.807, 2.05) is 12.3 Å². The summed E-state index contributed by atoms with van der Waals surface area (Å²) in [4.78, 5) is 4.21. The lowest BCUT2D eigenvalue weighted by Crippen LogP contribution is -1.97. The Bertz CT molecular complexity index is 283. The highest BCUT2D eigenvalue weighted by molar-refractivity contribution is 7.87. The molecule has 0 N–H and O–H groups in total. The average Bonchev–Trinajstić information content (AvgIpc) is 2.52. The molecule has 0 radical (unpaired) electrons. The maximum absolute atomic E-state index is 11.6. The van der Waals surface area contributed by atoms with Crippen molar-refractivity contribution in [3.8, 4) is 0 Å². The van der Waals surface area contributed by atoms with Gasteiger partial charge in [-0.15, -0.1) is 11.3 Å². The summed E-state index contributed by atoms with van der Waals surface area (Å²) in [7, 11) is -0.857. The number of thiazole rings is 1. The Morgan fingerprint density at radius 3 is 2.85 bits per heavy atom. The molecule has 74 valence electrons. The van der Waals surface area contributed by atoms with Gasteiger partial charge in [0.25, 0.3) is 0 Å². The molecule has 0 aliphatic heterocycles. The van der Waals surface area contributed by atoms with Crippen molar-refractivity contribution < 1.29 is 4.21 Å². The van der Waals surface area contributed by atoms with Crippen molar-refractivity contribution >= 4 is 22.1 Å². The van der Waals surface area contributed by atoms with Crippen molar-refractivity contribution in [3.05, 3.63) is 11.1 Å². The van der Waals surface area contributed by atoms with Gasteiger partial charge in [0.2, 0.25) is 0 Å². The smallest absolute Gasteiger partial charge is 0.180 e. The summed E-state index contributed by atoms with van der Waals surface area (Å²) in [5, 5.41) is 1.95. The SMILES string of the molecule is CCCCC[S@@](=O)c1nc(C)cs1. The fraction of sp³-hybridized carbons (Fsp3) is 0.667. The summed E-state index contributed by atoms with van der Waals surface area (Å²) < 4.78 is 12.4. The van der Waals surface area contributed by atoms with Crippen LogP contribution in [0.25, 0.3) is 0 Å². The maximum Gasteiger partial charge on any atom is 0.180 e. The van der Waals surface area contributed by atoms with Crippen molar-refractivity contribution in [2.24, 2.45) is 0 Å². The Hall–Kier alpha value is -0.220. The Kier molecular flexibility index (Phi) is 4.59. The molecule has 1 heterocycles. The van der Waals surface area contributed by atoms with Crippen LogP contribution in [0.2, 0.25) is 0 Å². The van der Waals surface area contributed by atoms with Crippen LogP contribution in [0.3, 0.4) is 0 Å². The van der Waals surface area contributed by atoms with Gasteiger partial charge in [-0.2, -0.15) is 0 Å². The molecule has 0 bridgehead atoms. The first-order valence-corrected chi connectivity index (χ1v) is 6.74. The van der Waals surface area contributed by atoms with Crippen molar-refractivity contribution in [2.45, 2.75) is 37.4 Å². The summed E-state index contributed by atoms with van der Waals surface area (Å²) in [5.41, 5.74) is 0.976. The van der Waals surface area contributed by atoms with E-state index in [4.69, 9.17) is 0 Å². The molecule has 1 aromatic heterocycles. The van der Waals surface area contributed by atoms with Crippen LogP contribution in [0.5, 0.6) is 0 Å². The van der Waals surface area contributed by atoms with Gasteiger partial charge in [-0.3, -0.25) is 4.21 Å². The van der Waals surface area contributed by atoms with Gasteiger partial charge in [-0.25, -0.2) is 4.98 Å². The molecule has 1 aromatic rings. The van der Waals surface area contributed by atoms with Crippen molar-refractivity contribution in [1.29, 1.82) is 0 Å². The third kappa shape index (κ3) is 3.56. The number of unbranched alkanes of at least 4 members (excludes halogenated alkanes) is 2. The molecular weight excluding hydrogens is 202 g/mol. The molecule has 1 atom stereocenters. The molecule has 0 amide bonds. The van der Waals surface area contributed by atoms with Gasteiger partial charge in [0.1, 0.15) is 0 Å². The van der Waals surface area contributed by atoms with Gasteiger partial charge in [0.15, 0.2) is 4.34 Å². The Labute approximate surface area is 85.9 Å². The van der Waals surface area contributed by atoms with E-state index in [9.17, 15) is 4.21 Å². The topological polar surface area (TPSA) is 30.0 Å². The largest absolute Gasteiger partial charge is 0.252 e. The summed E-state index contributed by atoms with van der Waals surface area (Å²) in [6.45, 7) is 4.08. The molecule has 1 rings (SSSR count). The summed E-state index contributed by atoms with van der Waals surface area (Å²) in [6, 6.07) is 0. The van der Waals surface area contributed by atoms with Crippen LogP contribution >= 0.6 is 11.3 Å². The second kappa shape index (κ2) is 5.50. The number of aryl methyl sites for hydroxylation is 1. The van der Waals surface area contributed by atoms with Gasteiger partial charge in [0.05, 0.1) is 10.8 Å². The minimum absolute atomic E-state index is 0.765. The van der Waals surface area contributed by atoms with Crippen LogP contribution in [-0.4, -0.2) is 14.9 Å². The van der Waals surface area contributed by atoms with E-state index in [1.54, 1.807) is 0 Å². The number of hydrogen-bond acceptors (Lipinski definition) is 3. The normalized spacial score (nSPS) is 13.1. The van der Waals surface area contributed by atoms with Crippen LogP contribution < -0.4 is 0 Å². The van der Waals surface area contributed by atoms with E-state index in [2.05, 4.69) is 11.9 Å². The van der Waals surface area contributed by atoms with Crippen LogP contribution in [-0.2, 0) is 10.8 Å². The molecule has 0 fully saturated rings. The molecule has 4 heteroatoms. The molecule has 0 aromatic carbocycles. The first kappa shape index (κ1) is 10.9. The zero-order valence-corrected chi connectivity index (χ0v) is 9.71. The van der Waals surface area contributed by atoms with Crippen LogP contribution in [0.4, 0.5) is 0 Å². The van der Waals surface area contributed by atoms with E-state index in [1.165, 1.54) is 17.8 Å². The Balaban J connectivity index is 2.40. The molecule has 0 saturated carbocycles. The van der Waals surface area contributed by atoms with E-state index in [-0.39, 0.29) is 0 Å².